The van der Waals surface area contributed by atoms with Gasteiger partial charge in [-0.2, -0.15) is 0 Å². The van der Waals surface area contributed by atoms with Crippen LogP contribution in [0, 0.1) is 0 Å². The van der Waals surface area contributed by atoms with Crippen molar-refractivity contribution >= 4 is 29.9 Å². The van der Waals surface area contributed by atoms with Gasteiger partial charge in [-0.1, -0.05) is 6.07 Å². The van der Waals surface area contributed by atoms with Crippen LogP contribution in [0.4, 0.5) is 0 Å². The Labute approximate surface area is 178 Å². The number of rotatable bonds is 8. The van der Waals surface area contributed by atoms with Crippen LogP contribution < -0.4 is 10.6 Å². The molecule has 2 aromatic rings. The lowest BCUT2D eigenvalue weighted by Gasteiger charge is -2.24. The maximum Gasteiger partial charge on any atom is 0.191 e. The molecule has 27 heavy (non-hydrogen) atoms. The summed E-state index contributed by atoms with van der Waals surface area (Å²) in [6, 6.07) is 8.29. The summed E-state index contributed by atoms with van der Waals surface area (Å²) in [6.07, 6.45) is 8.89. The highest BCUT2D eigenvalue weighted by Crippen LogP contribution is 2.25. The molecule has 0 aromatic carbocycles. The second-order valence-electron chi connectivity index (χ2n) is 6.53. The van der Waals surface area contributed by atoms with Crippen molar-refractivity contribution in [3.63, 3.8) is 0 Å². The van der Waals surface area contributed by atoms with Crippen molar-refractivity contribution in [1.29, 1.82) is 0 Å². The second kappa shape index (κ2) is 12.0. The Balaban J connectivity index is 0.00000261. The van der Waals surface area contributed by atoms with Gasteiger partial charge in [0.2, 0.25) is 0 Å². The van der Waals surface area contributed by atoms with Gasteiger partial charge >= 0.3 is 0 Å². The van der Waals surface area contributed by atoms with Crippen molar-refractivity contribution in [2.75, 3.05) is 32.7 Å². The molecule has 3 rings (SSSR count). The number of pyridine rings is 1. The third-order valence-electron chi connectivity index (χ3n) is 4.65. The topological polar surface area (TPSA) is 65.7 Å². The summed E-state index contributed by atoms with van der Waals surface area (Å²) in [4.78, 5) is 11.5. The van der Waals surface area contributed by atoms with Crippen molar-refractivity contribution in [3.05, 3.63) is 54.2 Å². The van der Waals surface area contributed by atoms with Crippen molar-refractivity contribution in [2.24, 2.45) is 4.99 Å². The van der Waals surface area contributed by atoms with E-state index >= 15 is 0 Å². The van der Waals surface area contributed by atoms with Gasteiger partial charge in [-0.05, 0) is 63.0 Å². The SMILES string of the molecule is CCNC(=NCC(c1ccco1)N1CCCC1)NCCc1cccnc1.I. The molecule has 148 valence electrons. The normalized spacial score (nSPS) is 16.0. The van der Waals surface area contributed by atoms with E-state index < -0.39 is 0 Å². The summed E-state index contributed by atoms with van der Waals surface area (Å²) in [5.41, 5.74) is 1.22. The highest BCUT2D eigenvalue weighted by atomic mass is 127. The van der Waals surface area contributed by atoms with E-state index in [-0.39, 0.29) is 30.0 Å². The van der Waals surface area contributed by atoms with Crippen LogP contribution in [0.5, 0.6) is 0 Å². The van der Waals surface area contributed by atoms with Gasteiger partial charge < -0.3 is 15.1 Å². The van der Waals surface area contributed by atoms with Crippen molar-refractivity contribution < 1.29 is 4.42 Å². The van der Waals surface area contributed by atoms with E-state index in [1.54, 1.807) is 12.5 Å². The van der Waals surface area contributed by atoms with Crippen molar-refractivity contribution in [1.82, 2.24) is 20.5 Å². The standard InChI is InChI=1S/C20H29N5O.HI/c1-2-22-20(23-11-9-17-7-5-10-21-15-17)24-16-18(19-8-6-14-26-19)25-12-3-4-13-25;/h5-8,10,14-15,18H,2-4,9,11-13,16H2,1H3,(H2,22,23,24);1H. The Morgan fingerprint density at radius 1 is 1.26 bits per heavy atom. The van der Waals surface area contributed by atoms with E-state index in [0.29, 0.717) is 6.54 Å². The largest absolute Gasteiger partial charge is 0.468 e. The summed E-state index contributed by atoms with van der Waals surface area (Å²) in [7, 11) is 0. The Bertz CT molecular complexity index is 656. The van der Waals surface area contributed by atoms with Crippen LogP contribution in [0.15, 0.2) is 52.3 Å². The van der Waals surface area contributed by atoms with Gasteiger partial charge in [-0.15, -0.1) is 24.0 Å². The maximum absolute atomic E-state index is 5.68. The summed E-state index contributed by atoms with van der Waals surface area (Å²) < 4.78 is 5.68. The minimum absolute atomic E-state index is 0. The quantitative estimate of drug-likeness (QED) is 0.343. The number of aliphatic imine (C=N–C) groups is 1. The molecule has 1 atom stereocenters. The molecular formula is C20H30IN5O. The molecule has 1 aliphatic rings. The van der Waals surface area contributed by atoms with E-state index in [4.69, 9.17) is 9.41 Å². The second-order valence-corrected chi connectivity index (χ2v) is 6.53. The number of likely N-dealkylation sites (tertiary alicyclic amines) is 1. The number of hydrogen-bond donors (Lipinski definition) is 2. The first-order chi connectivity index (χ1) is 12.9. The Hall–Kier alpha value is -1.61. The fourth-order valence-corrected chi connectivity index (χ4v) is 3.31. The predicted octanol–water partition coefficient (Wildman–Crippen LogP) is 3.23. The van der Waals surface area contributed by atoms with Crippen LogP contribution in [0.3, 0.4) is 0 Å². The highest BCUT2D eigenvalue weighted by molar-refractivity contribution is 14.0. The molecule has 0 radical (unpaired) electrons. The van der Waals surface area contributed by atoms with E-state index in [1.807, 2.05) is 18.3 Å². The van der Waals surface area contributed by atoms with Gasteiger partial charge in [-0.3, -0.25) is 14.9 Å². The summed E-state index contributed by atoms with van der Waals surface area (Å²) in [5.74, 6) is 1.86. The average molecular weight is 483 g/mol. The molecule has 0 spiro atoms. The summed E-state index contributed by atoms with van der Waals surface area (Å²) in [5, 5.41) is 6.76. The summed E-state index contributed by atoms with van der Waals surface area (Å²) >= 11 is 0. The van der Waals surface area contributed by atoms with E-state index in [0.717, 1.165) is 44.3 Å². The van der Waals surface area contributed by atoms with Gasteiger partial charge in [0.15, 0.2) is 5.96 Å². The van der Waals surface area contributed by atoms with Gasteiger partial charge in [0.05, 0.1) is 18.8 Å². The lowest BCUT2D eigenvalue weighted by atomic mass is 10.2. The number of hydrogen-bond acceptors (Lipinski definition) is 4. The Morgan fingerprint density at radius 3 is 2.78 bits per heavy atom. The van der Waals surface area contributed by atoms with Crippen molar-refractivity contribution in [2.45, 2.75) is 32.2 Å². The first-order valence-electron chi connectivity index (χ1n) is 9.55. The van der Waals surface area contributed by atoms with Crippen LogP contribution in [0.2, 0.25) is 0 Å². The third-order valence-corrected chi connectivity index (χ3v) is 4.65. The molecule has 0 amide bonds. The fraction of sp³-hybridized carbons (Fsp3) is 0.500. The Morgan fingerprint density at radius 2 is 2.11 bits per heavy atom. The van der Waals surface area contributed by atoms with Gasteiger partial charge in [0.25, 0.3) is 0 Å². The van der Waals surface area contributed by atoms with Gasteiger partial charge in [0, 0.05) is 25.5 Å². The van der Waals surface area contributed by atoms with Crippen LogP contribution in [0.25, 0.3) is 0 Å². The minimum atomic E-state index is 0. The van der Waals surface area contributed by atoms with Crippen LogP contribution >= 0.6 is 24.0 Å². The molecule has 1 aliphatic heterocycles. The fourth-order valence-electron chi connectivity index (χ4n) is 3.31. The average Bonchev–Trinajstić information content (AvgIpc) is 3.37. The molecule has 3 heterocycles. The third kappa shape index (κ3) is 6.80. The first kappa shape index (κ1) is 21.7. The number of nitrogens with one attached hydrogen (secondary N) is 2. The summed E-state index contributed by atoms with van der Waals surface area (Å²) in [6.45, 7) is 6.68. The number of nitrogens with zero attached hydrogens (tertiary/aromatic N) is 3. The molecule has 1 unspecified atom stereocenters. The molecule has 0 saturated carbocycles. The minimum Gasteiger partial charge on any atom is -0.468 e. The van der Waals surface area contributed by atoms with Gasteiger partial charge in [-0.25, -0.2) is 0 Å². The van der Waals surface area contributed by atoms with Crippen LogP contribution in [0.1, 0.15) is 37.1 Å². The number of guanidine groups is 1. The van der Waals surface area contributed by atoms with E-state index in [2.05, 4.69) is 39.6 Å². The smallest absolute Gasteiger partial charge is 0.191 e. The van der Waals surface area contributed by atoms with E-state index in [1.165, 1.54) is 18.4 Å². The molecule has 2 N–H and O–H groups in total. The highest BCUT2D eigenvalue weighted by Gasteiger charge is 2.25. The van der Waals surface area contributed by atoms with Crippen molar-refractivity contribution in [3.8, 4) is 0 Å². The molecule has 2 aromatic heterocycles. The lowest BCUT2D eigenvalue weighted by Crippen LogP contribution is -2.39. The molecule has 7 heteroatoms. The number of aromatic nitrogens is 1. The number of halogens is 1. The zero-order chi connectivity index (χ0) is 18.0. The number of furan rings is 1. The van der Waals surface area contributed by atoms with Crippen LogP contribution in [-0.2, 0) is 6.42 Å². The zero-order valence-corrected chi connectivity index (χ0v) is 18.3. The monoisotopic (exact) mass is 483 g/mol. The first-order valence-corrected chi connectivity index (χ1v) is 9.55. The van der Waals surface area contributed by atoms with E-state index in [9.17, 15) is 0 Å². The predicted molar refractivity (Wildman–Crippen MR) is 120 cm³/mol. The molecule has 0 aliphatic carbocycles. The molecule has 0 bridgehead atoms. The molecule has 1 saturated heterocycles. The zero-order valence-electron chi connectivity index (χ0n) is 15.9. The van der Waals surface area contributed by atoms with Gasteiger partial charge in [0.1, 0.15) is 5.76 Å². The Kier molecular flexibility index (Phi) is 9.61. The molecule has 1 fully saturated rings. The maximum atomic E-state index is 5.68. The van der Waals surface area contributed by atoms with Crippen LogP contribution in [-0.4, -0.2) is 48.6 Å². The molecular weight excluding hydrogens is 453 g/mol. The molecule has 6 nitrogen and oxygen atoms in total. The lowest BCUT2D eigenvalue weighted by molar-refractivity contribution is 0.221.